The number of aromatic nitrogens is 3. The van der Waals surface area contributed by atoms with Crippen LogP contribution in [-0.2, 0) is 20.1 Å². The predicted octanol–water partition coefficient (Wildman–Crippen LogP) is 1.96. The summed E-state index contributed by atoms with van der Waals surface area (Å²) in [5, 5.41) is 11.1. The Morgan fingerprint density at radius 1 is 1.35 bits per heavy atom. The fourth-order valence-electron chi connectivity index (χ4n) is 1.91. The minimum absolute atomic E-state index is 0. The molecule has 1 heterocycles. The summed E-state index contributed by atoms with van der Waals surface area (Å²) in [4.78, 5) is 8.32. The molecular weight excluding hydrogens is 431 g/mol. The van der Waals surface area contributed by atoms with Gasteiger partial charge in [-0.2, -0.15) is 5.10 Å². The van der Waals surface area contributed by atoms with Gasteiger partial charge in [0, 0.05) is 31.2 Å². The third-order valence-corrected chi connectivity index (χ3v) is 3.37. The van der Waals surface area contributed by atoms with E-state index in [1.807, 2.05) is 19.2 Å². The molecule has 23 heavy (non-hydrogen) atoms. The number of benzene rings is 1. The largest absolute Gasteiger partial charge is 0.496 e. The van der Waals surface area contributed by atoms with Gasteiger partial charge in [-0.25, -0.2) is 4.98 Å². The molecule has 0 atom stereocenters. The van der Waals surface area contributed by atoms with Crippen molar-refractivity contribution >= 4 is 41.5 Å². The smallest absolute Gasteiger partial charge is 0.191 e. The van der Waals surface area contributed by atoms with Crippen LogP contribution in [0.25, 0.3) is 0 Å². The van der Waals surface area contributed by atoms with E-state index >= 15 is 0 Å². The Morgan fingerprint density at radius 2 is 2.09 bits per heavy atom. The standard InChI is InChI=1S/C14H19ClN6O.HI/c1-16-14(18-8-13-19-9-20-21(13)2)17-7-10-4-5-11(15)6-12(10)22-3;/h4-6,9H,7-8H2,1-3H3,(H2,16,17,18);1H. The third kappa shape index (κ3) is 5.54. The fraction of sp³-hybridized carbons (Fsp3) is 0.357. The number of ether oxygens (including phenoxy) is 1. The van der Waals surface area contributed by atoms with Gasteiger partial charge in [-0.05, 0) is 12.1 Å². The average molecular weight is 451 g/mol. The zero-order chi connectivity index (χ0) is 15.9. The molecule has 0 fully saturated rings. The van der Waals surface area contributed by atoms with E-state index in [0.29, 0.717) is 24.1 Å². The van der Waals surface area contributed by atoms with Gasteiger partial charge in [0.25, 0.3) is 0 Å². The number of nitrogens with zero attached hydrogens (tertiary/aromatic N) is 4. The lowest BCUT2D eigenvalue weighted by atomic mass is 10.2. The second kappa shape index (κ2) is 9.56. The van der Waals surface area contributed by atoms with E-state index in [9.17, 15) is 0 Å². The first kappa shape index (κ1) is 19.5. The van der Waals surface area contributed by atoms with Gasteiger partial charge < -0.3 is 15.4 Å². The van der Waals surface area contributed by atoms with Crippen LogP contribution in [0.1, 0.15) is 11.4 Å². The first-order valence-corrected chi connectivity index (χ1v) is 7.11. The maximum Gasteiger partial charge on any atom is 0.191 e. The Bertz CT molecular complexity index is 660. The fourth-order valence-corrected chi connectivity index (χ4v) is 2.07. The van der Waals surface area contributed by atoms with Crippen molar-refractivity contribution in [2.24, 2.45) is 12.0 Å². The van der Waals surface area contributed by atoms with Gasteiger partial charge in [0.15, 0.2) is 5.96 Å². The highest BCUT2D eigenvalue weighted by atomic mass is 127. The van der Waals surface area contributed by atoms with Crippen molar-refractivity contribution < 1.29 is 4.74 Å². The van der Waals surface area contributed by atoms with Crippen LogP contribution in [0, 0.1) is 0 Å². The predicted molar refractivity (Wildman–Crippen MR) is 101 cm³/mol. The Morgan fingerprint density at radius 3 is 2.70 bits per heavy atom. The van der Waals surface area contributed by atoms with Gasteiger partial charge in [-0.3, -0.25) is 9.67 Å². The Labute approximate surface area is 157 Å². The number of methoxy groups -OCH3 is 1. The highest BCUT2D eigenvalue weighted by Gasteiger charge is 2.06. The van der Waals surface area contributed by atoms with Crippen LogP contribution in [0.4, 0.5) is 0 Å². The lowest BCUT2D eigenvalue weighted by molar-refractivity contribution is 0.409. The van der Waals surface area contributed by atoms with E-state index in [2.05, 4.69) is 25.7 Å². The molecule has 0 saturated carbocycles. The van der Waals surface area contributed by atoms with Crippen molar-refractivity contribution in [3.8, 4) is 5.75 Å². The number of rotatable bonds is 5. The van der Waals surface area contributed by atoms with Crippen molar-refractivity contribution in [1.29, 1.82) is 0 Å². The second-order valence-electron chi connectivity index (χ2n) is 4.54. The summed E-state index contributed by atoms with van der Waals surface area (Å²) in [6.07, 6.45) is 1.52. The van der Waals surface area contributed by atoms with E-state index in [-0.39, 0.29) is 24.0 Å². The van der Waals surface area contributed by atoms with E-state index < -0.39 is 0 Å². The molecule has 0 unspecified atom stereocenters. The van der Waals surface area contributed by atoms with Crippen molar-refractivity contribution in [2.75, 3.05) is 14.2 Å². The molecule has 1 aromatic carbocycles. The Hall–Kier alpha value is -1.55. The number of halogens is 2. The van der Waals surface area contributed by atoms with Gasteiger partial charge >= 0.3 is 0 Å². The molecule has 0 radical (unpaired) electrons. The van der Waals surface area contributed by atoms with E-state index in [1.54, 1.807) is 24.9 Å². The molecule has 2 N–H and O–H groups in total. The molecule has 7 nitrogen and oxygen atoms in total. The lowest BCUT2D eigenvalue weighted by Gasteiger charge is -2.13. The van der Waals surface area contributed by atoms with E-state index in [4.69, 9.17) is 16.3 Å². The normalized spacial score (nSPS) is 10.9. The molecule has 0 bridgehead atoms. The third-order valence-electron chi connectivity index (χ3n) is 3.14. The zero-order valence-corrected chi connectivity index (χ0v) is 16.3. The molecule has 9 heteroatoms. The number of hydrogen-bond acceptors (Lipinski definition) is 4. The first-order chi connectivity index (χ1) is 10.6. The highest BCUT2D eigenvalue weighted by Crippen LogP contribution is 2.22. The van der Waals surface area contributed by atoms with Gasteiger partial charge in [-0.15, -0.1) is 24.0 Å². The number of guanidine groups is 1. The van der Waals surface area contributed by atoms with Crippen LogP contribution in [-0.4, -0.2) is 34.9 Å². The van der Waals surface area contributed by atoms with Crippen molar-refractivity contribution in [2.45, 2.75) is 13.1 Å². The summed E-state index contributed by atoms with van der Waals surface area (Å²) in [6.45, 7) is 1.10. The molecule has 2 rings (SSSR count). The Balaban J connectivity index is 0.00000264. The van der Waals surface area contributed by atoms with Gasteiger partial charge in [0.1, 0.15) is 17.9 Å². The molecule has 0 saturated heterocycles. The summed E-state index contributed by atoms with van der Waals surface area (Å²) in [6, 6.07) is 5.54. The van der Waals surface area contributed by atoms with Crippen LogP contribution in [0.3, 0.4) is 0 Å². The summed E-state index contributed by atoms with van der Waals surface area (Å²) in [5.41, 5.74) is 0.994. The van der Waals surface area contributed by atoms with Crippen molar-refractivity contribution in [3.05, 3.63) is 40.9 Å². The Kier molecular flexibility index (Phi) is 8.10. The highest BCUT2D eigenvalue weighted by molar-refractivity contribution is 14.0. The maximum atomic E-state index is 5.96. The summed E-state index contributed by atoms with van der Waals surface area (Å²) in [7, 11) is 5.18. The van der Waals surface area contributed by atoms with Crippen LogP contribution in [0.15, 0.2) is 29.5 Å². The minimum atomic E-state index is 0. The van der Waals surface area contributed by atoms with E-state index in [0.717, 1.165) is 17.1 Å². The maximum absolute atomic E-state index is 5.96. The molecule has 0 aliphatic carbocycles. The molecule has 126 valence electrons. The number of aliphatic imine (C=N–C) groups is 1. The van der Waals surface area contributed by atoms with Crippen LogP contribution in [0.5, 0.6) is 5.75 Å². The molecule has 0 aliphatic rings. The summed E-state index contributed by atoms with van der Waals surface area (Å²) >= 11 is 5.96. The quantitative estimate of drug-likeness (QED) is 0.414. The topological polar surface area (TPSA) is 76.4 Å². The van der Waals surface area contributed by atoms with Gasteiger partial charge in [0.05, 0.1) is 13.7 Å². The first-order valence-electron chi connectivity index (χ1n) is 6.74. The average Bonchev–Trinajstić information content (AvgIpc) is 2.93. The molecule has 1 aromatic heterocycles. The molecule has 0 amide bonds. The van der Waals surface area contributed by atoms with Crippen molar-refractivity contribution in [3.63, 3.8) is 0 Å². The SMILES string of the molecule is CN=C(NCc1ccc(Cl)cc1OC)NCc1ncnn1C.I. The minimum Gasteiger partial charge on any atom is -0.496 e. The number of nitrogens with one attached hydrogen (secondary N) is 2. The van der Waals surface area contributed by atoms with Gasteiger partial charge in [0.2, 0.25) is 0 Å². The molecular formula is C14H20ClIN6O. The van der Waals surface area contributed by atoms with Gasteiger partial charge in [-0.1, -0.05) is 17.7 Å². The van der Waals surface area contributed by atoms with Crippen LogP contribution < -0.4 is 15.4 Å². The van der Waals surface area contributed by atoms with E-state index in [1.165, 1.54) is 6.33 Å². The monoisotopic (exact) mass is 450 g/mol. The summed E-state index contributed by atoms with van der Waals surface area (Å²) in [5.74, 6) is 2.23. The van der Waals surface area contributed by atoms with Crippen molar-refractivity contribution in [1.82, 2.24) is 25.4 Å². The van der Waals surface area contributed by atoms with Crippen LogP contribution in [0.2, 0.25) is 5.02 Å². The zero-order valence-electron chi connectivity index (χ0n) is 13.2. The summed E-state index contributed by atoms with van der Waals surface area (Å²) < 4.78 is 7.03. The number of hydrogen-bond donors (Lipinski definition) is 2. The van der Waals surface area contributed by atoms with Crippen LogP contribution >= 0.6 is 35.6 Å². The molecule has 0 aliphatic heterocycles. The molecule has 2 aromatic rings. The number of aryl methyl sites for hydroxylation is 1. The molecule has 0 spiro atoms. The second-order valence-corrected chi connectivity index (χ2v) is 4.97. The lowest BCUT2D eigenvalue weighted by Crippen LogP contribution is -2.37.